The summed E-state index contributed by atoms with van der Waals surface area (Å²) in [6.07, 6.45) is 2.87. The van der Waals surface area contributed by atoms with E-state index in [0.717, 1.165) is 54.0 Å². The molecule has 1 N–H and O–H groups in total. The summed E-state index contributed by atoms with van der Waals surface area (Å²) in [6, 6.07) is 16.2. The van der Waals surface area contributed by atoms with Gasteiger partial charge >= 0.3 is 0 Å². The number of aryl methyl sites for hydroxylation is 1. The first-order chi connectivity index (χ1) is 14.6. The molecule has 1 saturated carbocycles. The number of aliphatic hydroxyl groups is 1. The smallest absolute Gasteiger partial charge is 0.131 e. The molecule has 2 heterocycles. The second kappa shape index (κ2) is 7.80. The SMILES string of the molecule is COc1ccc2ccc(O[C@@H]3C[C@@H]4CN(c5ncccc5C)C[C@@H]4C[C@H]3O)cc2c1. The molecule has 0 amide bonds. The van der Waals surface area contributed by atoms with Crippen LogP contribution in [0.25, 0.3) is 10.8 Å². The highest BCUT2D eigenvalue weighted by molar-refractivity contribution is 5.85. The molecule has 2 aliphatic rings. The van der Waals surface area contributed by atoms with Crippen LogP contribution in [0.5, 0.6) is 11.5 Å². The highest BCUT2D eigenvalue weighted by atomic mass is 16.5. The number of rotatable bonds is 4. The van der Waals surface area contributed by atoms with Gasteiger partial charge in [0, 0.05) is 19.3 Å². The molecule has 4 atom stereocenters. The van der Waals surface area contributed by atoms with Gasteiger partial charge in [0.05, 0.1) is 13.2 Å². The summed E-state index contributed by atoms with van der Waals surface area (Å²) in [5, 5.41) is 13.0. The largest absolute Gasteiger partial charge is 0.497 e. The number of fused-ring (bicyclic) bond motifs is 2. The molecule has 156 valence electrons. The van der Waals surface area contributed by atoms with E-state index in [4.69, 9.17) is 9.47 Å². The fourth-order valence-electron chi connectivity index (χ4n) is 5.08. The van der Waals surface area contributed by atoms with Crippen LogP contribution in [-0.4, -0.2) is 42.5 Å². The Morgan fingerprint density at radius 1 is 0.967 bits per heavy atom. The maximum atomic E-state index is 10.8. The third kappa shape index (κ3) is 3.58. The van der Waals surface area contributed by atoms with Crippen molar-refractivity contribution in [3.8, 4) is 11.5 Å². The van der Waals surface area contributed by atoms with Gasteiger partial charge in [-0.15, -0.1) is 0 Å². The fourth-order valence-corrected chi connectivity index (χ4v) is 5.08. The van der Waals surface area contributed by atoms with Gasteiger partial charge in [-0.2, -0.15) is 0 Å². The first kappa shape index (κ1) is 19.2. The van der Waals surface area contributed by atoms with Crippen molar-refractivity contribution >= 4 is 16.6 Å². The van der Waals surface area contributed by atoms with Crippen LogP contribution in [-0.2, 0) is 0 Å². The Hall–Kier alpha value is -2.79. The molecule has 30 heavy (non-hydrogen) atoms. The van der Waals surface area contributed by atoms with Crippen molar-refractivity contribution in [2.75, 3.05) is 25.1 Å². The number of hydrogen-bond acceptors (Lipinski definition) is 5. The van der Waals surface area contributed by atoms with Crippen LogP contribution >= 0.6 is 0 Å². The number of methoxy groups -OCH3 is 1. The Balaban J connectivity index is 1.31. The third-order valence-corrected chi connectivity index (χ3v) is 6.67. The lowest BCUT2D eigenvalue weighted by Crippen LogP contribution is -2.42. The molecular weight excluding hydrogens is 376 g/mol. The quantitative estimate of drug-likeness (QED) is 0.706. The van der Waals surface area contributed by atoms with Gasteiger partial charge in [0.15, 0.2) is 0 Å². The van der Waals surface area contributed by atoms with Crippen molar-refractivity contribution < 1.29 is 14.6 Å². The van der Waals surface area contributed by atoms with Crippen LogP contribution in [0.3, 0.4) is 0 Å². The molecule has 1 saturated heterocycles. The summed E-state index contributed by atoms with van der Waals surface area (Å²) in [5.74, 6) is 3.70. The van der Waals surface area contributed by atoms with Gasteiger partial charge in [-0.25, -0.2) is 4.98 Å². The number of benzene rings is 2. The topological polar surface area (TPSA) is 54.8 Å². The molecule has 2 aromatic carbocycles. The minimum Gasteiger partial charge on any atom is -0.497 e. The Bertz CT molecular complexity index is 1050. The number of nitrogens with zero attached hydrogens (tertiary/aromatic N) is 2. The van der Waals surface area contributed by atoms with Crippen molar-refractivity contribution in [3.63, 3.8) is 0 Å². The number of aliphatic hydroxyl groups excluding tert-OH is 1. The first-order valence-electron chi connectivity index (χ1n) is 10.7. The van der Waals surface area contributed by atoms with E-state index in [0.29, 0.717) is 11.8 Å². The molecule has 5 rings (SSSR count). The van der Waals surface area contributed by atoms with E-state index in [1.54, 1.807) is 7.11 Å². The molecule has 1 aliphatic heterocycles. The lowest BCUT2D eigenvalue weighted by Gasteiger charge is -2.35. The highest BCUT2D eigenvalue weighted by Gasteiger charge is 2.43. The Kier molecular flexibility index (Phi) is 4.99. The fraction of sp³-hybridized carbons (Fsp3) is 0.400. The molecule has 0 spiro atoms. The van der Waals surface area contributed by atoms with Crippen molar-refractivity contribution in [3.05, 3.63) is 60.3 Å². The van der Waals surface area contributed by atoms with E-state index < -0.39 is 6.10 Å². The molecule has 0 radical (unpaired) electrons. The van der Waals surface area contributed by atoms with E-state index in [1.165, 1.54) is 5.56 Å². The summed E-state index contributed by atoms with van der Waals surface area (Å²) < 4.78 is 11.6. The van der Waals surface area contributed by atoms with Crippen molar-refractivity contribution in [1.82, 2.24) is 4.98 Å². The predicted octanol–water partition coefficient (Wildman–Crippen LogP) is 4.21. The van der Waals surface area contributed by atoms with Gasteiger partial charge in [0.2, 0.25) is 0 Å². The third-order valence-electron chi connectivity index (χ3n) is 6.67. The maximum absolute atomic E-state index is 10.8. The van der Waals surface area contributed by atoms with Gasteiger partial charge in [-0.1, -0.05) is 18.2 Å². The van der Waals surface area contributed by atoms with Crippen LogP contribution in [0, 0.1) is 18.8 Å². The summed E-state index contributed by atoms with van der Waals surface area (Å²) in [6.45, 7) is 4.05. The summed E-state index contributed by atoms with van der Waals surface area (Å²) >= 11 is 0. The average molecular weight is 405 g/mol. The molecule has 5 heteroatoms. The second-order valence-electron chi connectivity index (χ2n) is 8.64. The van der Waals surface area contributed by atoms with E-state index in [2.05, 4.69) is 28.9 Å². The van der Waals surface area contributed by atoms with Crippen molar-refractivity contribution in [2.24, 2.45) is 11.8 Å². The standard InChI is InChI=1S/C25H28N2O3/c1-16-4-3-9-26-25(16)27-14-19-12-23(28)24(13-20(19)15-27)30-22-8-6-17-5-7-21(29-2)10-18(17)11-22/h3-11,19-20,23-24,28H,12-15H2,1-2H3/t19-,20+,23+,24+/m0/s1. The molecule has 3 aromatic rings. The average Bonchev–Trinajstić information content (AvgIpc) is 3.16. The lowest BCUT2D eigenvalue weighted by atomic mass is 9.78. The monoisotopic (exact) mass is 404 g/mol. The van der Waals surface area contributed by atoms with Crippen LogP contribution in [0.2, 0.25) is 0 Å². The Morgan fingerprint density at radius 3 is 2.47 bits per heavy atom. The molecule has 0 bridgehead atoms. The van der Waals surface area contributed by atoms with Crippen LogP contribution < -0.4 is 14.4 Å². The van der Waals surface area contributed by atoms with Crippen LogP contribution in [0.1, 0.15) is 18.4 Å². The zero-order chi connectivity index (χ0) is 20.7. The van der Waals surface area contributed by atoms with Crippen molar-refractivity contribution in [2.45, 2.75) is 32.0 Å². The number of anilines is 1. The summed E-state index contributed by atoms with van der Waals surface area (Å²) in [7, 11) is 1.67. The molecule has 2 fully saturated rings. The van der Waals surface area contributed by atoms with Gasteiger partial charge in [-0.3, -0.25) is 0 Å². The minimum atomic E-state index is -0.447. The van der Waals surface area contributed by atoms with E-state index in [-0.39, 0.29) is 6.10 Å². The molecule has 0 unspecified atom stereocenters. The number of pyridine rings is 1. The van der Waals surface area contributed by atoms with Gasteiger partial charge < -0.3 is 19.5 Å². The maximum Gasteiger partial charge on any atom is 0.131 e. The van der Waals surface area contributed by atoms with E-state index in [9.17, 15) is 5.11 Å². The van der Waals surface area contributed by atoms with E-state index >= 15 is 0 Å². The van der Waals surface area contributed by atoms with Gasteiger partial charge in [0.25, 0.3) is 0 Å². The minimum absolute atomic E-state index is 0.181. The second-order valence-corrected chi connectivity index (χ2v) is 8.64. The van der Waals surface area contributed by atoms with E-state index in [1.807, 2.05) is 42.6 Å². The number of aromatic nitrogens is 1. The molecule has 5 nitrogen and oxygen atoms in total. The van der Waals surface area contributed by atoms with Crippen LogP contribution in [0.4, 0.5) is 5.82 Å². The van der Waals surface area contributed by atoms with Crippen LogP contribution in [0.15, 0.2) is 54.7 Å². The first-order valence-corrected chi connectivity index (χ1v) is 10.7. The Morgan fingerprint density at radius 2 is 1.70 bits per heavy atom. The molecular formula is C25H28N2O3. The van der Waals surface area contributed by atoms with Gasteiger partial charge in [0.1, 0.15) is 23.4 Å². The predicted molar refractivity (Wildman–Crippen MR) is 118 cm³/mol. The normalized spacial score (nSPS) is 25.9. The zero-order valence-corrected chi connectivity index (χ0v) is 17.5. The van der Waals surface area contributed by atoms with Gasteiger partial charge in [-0.05, 0) is 78.3 Å². The zero-order valence-electron chi connectivity index (χ0n) is 17.5. The molecule has 1 aromatic heterocycles. The lowest BCUT2D eigenvalue weighted by molar-refractivity contribution is -0.0230. The summed E-state index contributed by atoms with van der Waals surface area (Å²) in [5.41, 5.74) is 1.20. The Labute approximate surface area is 177 Å². The van der Waals surface area contributed by atoms with Crippen molar-refractivity contribution in [1.29, 1.82) is 0 Å². The number of ether oxygens (including phenoxy) is 2. The summed E-state index contributed by atoms with van der Waals surface area (Å²) in [4.78, 5) is 6.97. The highest BCUT2D eigenvalue weighted by Crippen LogP contribution is 2.40. The number of hydrogen-bond donors (Lipinski definition) is 1. The molecule has 1 aliphatic carbocycles.